The standard InChI is InChI=1S/C20H22N6O2.HNO2/c1-12-9-21-6-7-25(12)18-17-15(13-2-3-13)10-26(19(17)24-11-23-18)16-8-14(20(27)28)4-5-22-16;2-1-3/h4-5,8,10-13,21H,2-3,6-7,9H2,1H3,(H,27,28);(H,2,3). The summed E-state index contributed by atoms with van der Waals surface area (Å²) in [5.41, 5.74) is 2.23. The number of piperazine rings is 1. The van der Waals surface area contributed by atoms with E-state index in [0.717, 1.165) is 49.3 Å². The summed E-state index contributed by atoms with van der Waals surface area (Å²) in [5, 5.41) is 21.7. The van der Waals surface area contributed by atoms with Crippen molar-refractivity contribution in [3.05, 3.63) is 46.9 Å². The Morgan fingerprint density at radius 3 is 2.74 bits per heavy atom. The fourth-order valence-corrected chi connectivity index (χ4v) is 4.01. The molecule has 0 amide bonds. The van der Waals surface area contributed by atoms with Crippen molar-refractivity contribution in [3.8, 4) is 5.82 Å². The van der Waals surface area contributed by atoms with Gasteiger partial charge in [-0.25, -0.2) is 19.7 Å². The predicted octanol–water partition coefficient (Wildman–Crippen LogP) is 2.33. The maximum Gasteiger partial charge on any atom is 0.335 e. The number of nitrogens with zero attached hydrogens (tertiary/aromatic N) is 6. The van der Waals surface area contributed by atoms with E-state index in [-0.39, 0.29) is 5.56 Å². The van der Waals surface area contributed by atoms with Crippen LogP contribution in [0.5, 0.6) is 0 Å². The first-order chi connectivity index (χ1) is 15.0. The van der Waals surface area contributed by atoms with Crippen molar-refractivity contribution in [1.29, 1.82) is 0 Å². The monoisotopic (exact) mass is 425 g/mol. The summed E-state index contributed by atoms with van der Waals surface area (Å²) in [5.74, 6) is 1.07. The quantitative estimate of drug-likeness (QED) is 0.423. The minimum atomic E-state index is -0.965. The highest BCUT2D eigenvalue weighted by molar-refractivity contribution is 5.94. The summed E-state index contributed by atoms with van der Waals surface area (Å²) in [6.45, 7) is 4.95. The van der Waals surface area contributed by atoms with Crippen LogP contribution in [-0.2, 0) is 0 Å². The third kappa shape index (κ3) is 4.04. The van der Waals surface area contributed by atoms with Gasteiger partial charge in [0.1, 0.15) is 18.0 Å². The number of aromatic nitrogens is 4. The molecule has 1 aliphatic heterocycles. The summed E-state index contributed by atoms with van der Waals surface area (Å²) >= 11 is 0. The van der Waals surface area contributed by atoms with Crippen molar-refractivity contribution in [3.63, 3.8) is 0 Å². The molecular weight excluding hydrogens is 402 g/mol. The Labute approximate surface area is 177 Å². The summed E-state index contributed by atoms with van der Waals surface area (Å²) in [7, 11) is 0. The lowest BCUT2D eigenvalue weighted by Gasteiger charge is -2.35. The van der Waals surface area contributed by atoms with Crippen LogP contribution in [0.15, 0.2) is 36.2 Å². The smallest absolute Gasteiger partial charge is 0.335 e. The number of carboxylic acid groups (broad SMARTS) is 1. The van der Waals surface area contributed by atoms with E-state index in [4.69, 9.17) is 10.1 Å². The molecule has 0 aromatic carbocycles. The van der Waals surface area contributed by atoms with Crippen molar-refractivity contribution in [2.45, 2.75) is 31.7 Å². The van der Waals surface area contributed by atoms with E-state index in [1.807, 2.05) is 4.57 Å². The van der Waals surface area contributed by atoms with Crippen LogP contribution in [0.25, 0.3) is 16.9 Å². The molecule has 5 rings (SSSR count). The number of hydrogen-bond donors (Lipinski definition) is 3. The zero-order chi connectivity index (χ0) is 22.0. The number of carboxylic acids is 1. The second kappa shape index (κ2) is 8.64. The summed E-state index contributed by atoms with van der Waals surface area (Å²) < 4.78 is 1.91. The van der Waals surface area contributed by atoms with E-state index in [1.165, 1.54) is 23.2 Å². The normalized spacial score (nSPS) is 18.4. The van der Waals surface area contributed by atoms with E-state index < -0.39 is 5.97 Å². The molecule has 1 atom stereocenters. The van der Waals surface area contributed by atoms with Crippen LogP contribution in [0, 0.1) is 4.91 Å². The van der Waals surface area contributed by atoms with E-state index in [1.54, 1.807) is 12.4 Å². The van der Waals surface area contributed by atoms with Gasteiger partial charge in [0.05, 0.1) is 10.9 Å². The van der Waals surface area contributed by atoms with E-state index in [9.17, 15) is 9.90 Å². The second-order valence-electron chi connectivity index (χ2n) is 7.66. The number of carbonyl (C=O) groups is 1. The van der Waals surface area contributed by atoms with Crippen LogP contribution in [0.2, 0.25) is 0 Å². The molecule has 3 aromatic rings. The molecule has 1 aliphatic carbocycles. The Bertz CT molecular complexity index is 1110. The molecule has 3 aromatic heterocycles. The van der Waals surface area contributed by atoms with Crippen molar-refractivity contribution in [2.75, 3.05) is 24.5 Å². The minimum absolute atomic E-state index is 0.213. The van der Waals surface area contributed by atoms with Crippen molar-refractivity contribution < 1.29 is 15.1 Å². The molecular formula is C20H23N7O4. The largest absolute Gasteiger partial charge is 0.478 e. The summed E-state index contributed by atoms with van der Waals surface area (Å²) in [6.07, 6.45) is 7.52. The van der Waals surface area contributed by atoms with Gasteiger partial charge >= 0.3 is 5.97 Å². The average Bonchev–Trinajstić information content (AvgIpc) is 3.54. The first kappa shape index (κ1) is 20.7. The van der Waals surface area contributed by atoms with Crippen LogP contribution in [0.4, 0.5) is 5.82 Å². The molecule has 2 fully saturated rings. The lowest BCUT2D eigenvalue weighted by Crippen LogP contribution is -2.50. The fraction of sp³-hybridized carbons (Fsp3) is 0.400. The highest BCUT2D eigenvalue weighted by Gasteiger charge is 2.32. The van der Waals surface area contributed by atoms with Crippen molar-refractivity contribution in [2.24, 2.45) is 5.34 Å². The van der Waals surface area contributed by atoms with Gasteiger partial charge in [-0.3, -0.25) is 4.57 Å². The van der Waals surface area contributed by atoms with Gasteiger partial charge in [-0.2, -0.15) is 0 Å². The molecule has 2 aliphatic rings. The predicted molar refractivity (Wildman–Crippen MR) is 113 cm³/mol. The van der Waals surface area contributed by atoms with E-state index in [2.05, 4.69) is 38.3 Å². The van der Waals surface area contributed by atoms with Crippen molar-refractivity contribution >= 4 is 22.8 Å². The van der Waals surface area contributed by atoms with Gasteiger partial charge in [-0.1, -0.05) is 0 Å². The third-order valence-electron chi connectivity index (χ3n) is 5.62. The molecule has 11 nitrogen and oxygen atoms in total. The average molecular weight is 425 g/mol. The molecule has 162 valence electrons. The molecule has 1 saturated heterocycles. The first-order valence-electron chi connectivity index (χ1n) is 10.0. The second-order valence-corrected chi connectivity index (χ2v) is 7.66. The highest BCUT2D eigenvalue weighted by atomic mass is 16.6. The molecule has 3 N–H and O–H groups in total. The number of nitrogens with one attached hydrogen (secondary N) is 1. The zero-order valence-electron chi connectivity index (χ0n) is 17.0. The molecule has 31 heavy (non-hydrogen) atoms. The Morgan fingerprint density at radius 2 is 2.06 bits per heavy atom. The third-order valence-corrected chi connectivity index (χ3v) is 5.62. The Balaban J connectivity index is 0.000000730. The number of aromatic carboxylic acids is 1. The van der Waals surface area contributed by atoms with Gasteiger partial charge < -0.3 is 20.5 Å². The molecule has 1 saturated carbocycles. The molecule has 11 heteroatoms. The van der Waals surface area contributed by atoms with Crippen LogP contribution >= 0.6 is 0 Å². The Hall–Kier alpha value is -3.60. The Kier molecular flexibility index (Phi) is 5.76. The van der Waals surface area contributed by atoms with Gasteiger partial charge in [0.2, 0.25) is 0 Å². The summed E-state index contributed by atoms with van der Waals surface area (Å²) in [6, 6.07) is 3.44. The van der Waals surface area contributed by atoms with Crippen LogP contribution in [0.3, 0.4) is 0 Å². The fourth-order valence-electron chi connectivity index (χ4n) is 4.01. The van der Waals surface area contributed by atoms with Crippen LogP contribution < -0.4 is 10.2 Å². The zero-order valence-corrected chi connectivity index (χ0v) is 17.0. The highest BCUT2D eigenvalue weighted by Crippen LogP contribution is 2.46. The number of rotatable bonds is 4. The van der Waals surface area contributed by atoms with Gasteiger partial charge in [-0.05, 0) is 43.4 Å². The minimum Gasteiger partial charge on any atom is -0.478 e. The molecule has 0 spiro atoms. The maximum atomic E-state index is 11.4. The molecule has 1 unspecified atom stereocenters. The van der Waals surface area contributed by atoms with Crippen LogP contribution in [0.1, 0.15) is 41.6 Å². The lowest BCUT2D eigenvalue weighted by molar-refractivity contribution is 0.0696. The number of anilines is 1. The van der Waals surface area contributed by atoms with E-state index >= 15 is 0 Å². The molecule has 4 heterocycles. The van der Waals surface area contributed by atoms with Crippen molar-refractivity contribution in [1.82, 2.24) is 24.8 Å². The van der Waals surface area contributed by atoms with Gasteiger partial charge in [0.15, 0.2) is 11.0 Å². The topological polar surface area (TPSA) is 146 Å². The van der Waals surface area contributed by atoms with Gasteiger partial charge in [0, 0.05) is 38.1 Å². The molecule has 0 bridgehead atoms. The molecule has 0 radical (unpaired) electrons. The number of fused-ring (bicyclic) bond motifs is 1. The first-order valence-corrected chi connectivity index (χ1v) is 10.0. The van der Waals surface area contributed by atoms with Gasteiger partial charge in [-0.15, -0.1) is 4.91 Å². The SMILES string of the molecule is CC1CNCCN1c1ncnc2c1c(C1CC1)cn2-c1cc(C(=O)O)ccn1.O=NO. The Morgan fingerprint density at radius 1 is 1.29 bits per heavy atom. The summed E-state index contributed by atoms with van der Waals surface area (Å²) in [4.78, 5) is 35.5. The number of pyridine rings is 1. The lowest BCUT2D eigenvalue weighted by atomic mass is 10.1. The van der Waals surface area contributed by atoms with Gasteiger partial charge in [0.25, 0.3) is 0 Å². The van der Waals surface area contributed by atoms with E-state index in [0.29, 0.717) is 17.8 Å². The maximum absolute atomic E-state index is 11.4. The number of hydrogen-bond acceptors (Lipinski definition) is 8. The van der Waals surface area contributed by atoms with Crippen LogP contribution in [-0.4, -0.2) is 61.5 Å².